The fourth-order valence-corrected chi connectivity index (χ4v) is 2.37. The monoisotopic (exact) mass is 256 g/mol. The lowest BCUT2D eigenvalue weighted by molar-refractivity contribution is 0.0729. The van der Waals surface area contributed by atoms with Gasteiger partial charge in [-0.3, -0.25) is 4.79 Å². The molecule has 1 amide bonds. The highest BCUT2D eigenvalue weighted by Crippen LogP contribution is 2.20. The quantitative estimate of drug-likeness (QED) is 0.787. The maximum Gasteiger partial charge on any atom is 0.254 e. The van der Waals surface area contributed by atoms with Crippen LogP contribution in [0.25, 0.3) is 0 Å². The van der Waals surface area contributed by atoms with Gasteiger partial charge in [0.2, 0.25) is 0 Å². The summed E-state index contributed by atoms with van der Waals surface area (Å²) in [6.45, 7) is 5.35. The Bertz CT molecular complexity index is 631. The van der Waals surface area contributed by atoms with Gasteiger partial charge in [0.1, 0.15) is 5.76 Å². The standard InChI is InChI=1S/C15H16N2O2/c1-10-3-4-12(7-11(10)2)15(18)17-6-5-14-13(9-17)8-16-19-14/h3-4,7-8H,5-6,9H2,1-2H3. The number of carbonyl (C=O) groups is 1. The van der Waals surface area contributed by atoms with Gasteiger partial charge in [0, 0.05) is 24.1 Å². The molecule has 1 aromatic carbocycles. The Labute approximate surface area is 112 Å². The molecule has 0 saturated heterocycles. The Morgan fingerprint density at radius 2 is 2.16 bits per heavy atom. The summed E-state index contributed by atoms with van der Waals surface area (Å²) in [6.07, 6.45) is 2.45. The van der Waals surface area contributed by atoms with Gasteiger partial charge in [-0.05, 0) is 37.1 Å². The van der Waals surface area contributed by atoms with E-state index in [1.165, 1.54) is 5.56 Å². The summed E-state index contributed by atoms with van der Waals surface area (Å²) in [5.74, 6) is 0.985. The van der Waals surface area contributed by atoms with Crippen LogP contribution in [0.15, 0.2) is 28.9 Å². The van der Waals surface area contributed by atoms with Gasteiger partial charge in [0.05, 0.1) is 12.7 Å². The van der Waals surface area contributed by atoms with Crippen molar-refractivity contribution in [2.24, 2.45) is 0 Å². The summed E-state index contributed by atoms with van der Waals surface area (Å²) in [5.41, 5.74) is 4.12. The van der Waals surface area contributed by atoms with Crippen LogP contribution in [-0.2, 0) is 13.0 Å². The summed E-state index contributed by atoms with van der Waals surface area (Å²) in [5, 5.41) is 3.78. The molecule has 0 spiro atoms. The van der Waals surface area contributed by atoms with Crippen molar-refractivity contribution in [3.05, 3.63) is 52.4 Å². The zero-order valence-corrected chi connectivity index (χ0v) is 11.1. The molecule has 2 heterocycles. The lowest BCUT2D eigenvalue weighted by Gasteiger charge is -2.26. The van der Waals surface area contributed by atoms with Crippen molar-refractivity contribution in [2.75, 3.05) is 6.54 Å². The van der Waals surface area contributed by atoms with Crippen molar-refractivity contribution in [2.45, 2.75) is 26.8 Å². The van der Waals surface area contributed by atoms with Crippen LogP contribution in [0.3, 0.4) is 0 Å². The molecule has 1 aliphatic rings. The molecule has 19 heavy (non-hydrogen) atoms. The number of nitrogens with zero attached hydrogens (tertiary/aromatic N) is 2. The van der Waals surface area contributed by atoms with Gasteiger partial charge in [-0.25, -0.2) is 0 Å². The van der Waals surface area contributed by atoms with Crippen molar-refractivity contribution >= 4 is 5.91 Å². The van der Waals surface area contributed by atoms with Crippen LogP contribution in [0.2, 0.25) is 0 Å². The Morgan fingerprint density at radius 1 is 1.32 bits per heavy atom. The second kappa shape index (κ2) is 4.53. The Morgan fingerprint density at radius 3 is 2.95 bits per heavy atom. The van der Waals surface area contributed by atoms with Crippen LogP contribution in [0, 0.1) is 13.8 Å². The molecule has 1 aromatic heterocycles. The van der Waals surface area contributed by atoms with E-state index in [2.05, 4.69) is 5.16 Å². The summed E-state index contributed by atoms with van der Waals surface area (Å²) >= 11 is 0. The van der Waals surface area contributed by atoms with Gasteiger partial charge in [-0.2, -0.15) is 0 Å². The maximum atomic E-state index is 12.5. The molecule has 0 fully saturated rings. The highest BCUT2D eigenvalue weighted by molar-refractivity contribution is 5.94. The number of benzene rings is 1. The van der Waals surface area contributed by atoms with E-state index in [4.69, 9.17) is 4.52 Å². The molecule has 2 aromatic rings. The Balaban J connectivity index is 1.83. The van der Waals surface area contributed by atoms with Gasteiger partial charge in [-0.1, -0.05) is 11.2 Å². The molecule has 3 rings (SSSR count). The van der Waals surface area contributed by atoms with Crippen LogP contribution in [-0.4, -0.2) is 22.5 Å². The number of amides is 1. The first-order valence-corrected chi connectivity index (χ1v) is 6.44. The van der Waals surface area contributed by atoms with Crippen molar-refractivity contribution in [3.63, 3.8) is 0 Å². The average molecular weight is 256 g/mol. The number of hydrogen-bond donors (Lipinski definition) is 0. The van der Waals surface area contributed by atoms with Gasteiger partial charge in [-0.15, -0.1) is 0 Å². The highest BCUT2D eigenvalue weighted by atomic mass is 16.5. The summed E-state index contributed by atoms with van der Waals surface area (Å²) in [7, 11) is 0. The highest BCUT2D eigenvalue weighted by Gasteiger charge is 2.24. The third kappa shape index (κ3) is 2.14. The van der Waals surface area contributed by atoms with Gasteiger partial charge >= 0.3 is 0 Å². The second-order valence-electron chi connectivity index (χ2n) is 5.05. The molecule has 1 aliphatic heterocycles. The van der Waals surface area contributed by atoms with Gasteiger partial charge in [0.15, 0.2) is 0 Å². The third-order valence-corrected chi connectivity index (χ3v) is 3.74. The third-order valence-electron chi connectivity index (χ3n) is 3.74. The molecular formula is C15H16N2O2. The minimum atomic E-state index is 0.0787. The number of fused-ring (bicyclic) bond motifs is 1. The van der Waals surface area contributed by atoms with E-state index in [1.807, 2.05) is 36.9 Å². The number of carbonyl (C=O) groups excluding carboxylic acids is 1. The minimum Gasteiger partial charge on any atom is -0.361 e. The normalized spacial score (nSPS) is 14.3. The molecule has 0 radical (unpaired) electrons. The maximum absolute atomic E-state index is 12.5. The fourth-order valence-electron chi connectivity index (χ4n) is 2.37. The number of aromatic nitrogens is 1. The number of aryl methyl sites for hydroxylation is 2. The van der Waals surface area contributed by atoms with Crippen LogP contribution in [0.1, 0.15) is 32.8 Å². The molecule has 0 atom stereocenters. The van der Waals surface area contributed by atoms with Crippen molar-refractivity contribution < 1.29 is 9.32 Å². The van der Waals surface area contributed by atoms with E-state index in [1.54, 1.807) is 6.20 Å². The van der Waals surface area contributed by atoms with Gasteiger partial charge in [0.25, 0.3) is 5.91 Å². The largest absolute Gasteiger partial charge is 0.361 e. The SMILES string of the molecule is Cc1ccc(C(=O)N2CCc3oncc3C2)cc1C. The fraction of sp³-hybridized carbons (Fsp3) is 0.333. The van der Waals surface area contributed by atoms with E-state index >= 15 is 0 Å². The predicted octanol–water partition coefficient (Wildman–Crippen LogP) is 2.49. The lowest BCUT2D eigenvalue weighted by atomic mass is 10.0. The Hall–Kier alpha value is -2.10. The minimum absolute atomic E-state index is 0.0787. The zero-order chi connectivity index (χ0) is 13.4. The molecular weight excluding hydrogens is 240 g/mol. The lowest BCUT2D eigenvalue weighted by Crippen LogP contribution is -2.35. The molecule has 4 heteroatoms. The van der Waals surface area contributed by atoms with Crippen molar-refractivity contribution in [3.8, 4) is 0 Å². The molecule has 0 N–H and O–H groups in total. The van der Waals surface area contributed by atoms with E-state index in [-0.39, 0.29) is 5.91 Å². The van der Waals surface area contributed by atoms with E-state index < -0.39 is 0 Å². The summed E-state index contributed by atoms with van der Waals surface area (Å²) < 4.78 is 5.14. The predicted molar refractivity (Wildman–Crippen MR) is 70.9 cm³/mol. The van der Waals surface area contributed by atoms with Crippen LogP contribution >= 0.6 is 0 Å². The van der Waals surface area contributed by atoms with E-state index in [0.29, 0.717) is 13.1 Å². The molecule has 0 unspecified atom stereocenters. The number of rotatable bonds is 1. The summed E-state index contributed by atoms with van der Waals surface area (Å²) in [6, 6.07) is 5.85. The average Bonchev–Trinajstić information content (AvgIpc) is 2.88. The van der Waals surface area contributed by atoms with Crippen LogP contribution < -0.4 is 0 Å². The summed E-state index contributed by atoms with van der Waals surface area (Å²) in [4.78, 5) is 14.3. The van der Waals surface area contributed by atoms with Crippen LogP contribution in [0.4, 0.5) is 0 Å². The first-order chi connectivity index (χ1) is 9.15. The molecule has 0 aliphatic carbocycles. The van der Waals surface area contributed by atoms with E-state index in [0.717, 1.165) is 28.9 Å². The molecule has 0 saturated carbocycles. The van der Waals surface area contributed by atoms with Crippen molar-refractivity contribution in [1.82, 2.24) is 10.1 Å². The first-order valence-electron chi connectivity index (χ1n) is 6.44. The van der Waals surface area contributed by atoms with Gasteiger partial charge < -0.3 is 9.42 Å². The van der Waals surface area contributed by atoms with Crippen LogP contribution in [0.5, 0.6) is 0 Å². The second-order valence-corrected chi connectivity index (χ2v) is 5.05. The smallest absolute Gasteiger partial charge is 0.254 e. The molecule has 0 bridgehead atoms. The Kier molecular flexibility index (Phi) is 2.85. The molecule has 4 nitrogen and oxygen atoms in total. The van der Waals surface area contributed by atoms with Crippen molar-refractivity contribution in [1.29, 1.82) is 0 Å². The van der Waals surface area contributed by atoms with E-state index in [9.17, 15) is 4.79 Å². The first kappa shape index (κ1) is 12.0. The number of hydrogen-bond acceptors (Lipinski definition) is 3. The molecule has 98 valence electrons. The zero-order valence-electron chi connectivity index (χ0n) is 11.1. The topological polar surface area (TPSA) is 46.3 Å².